The highest BCUT2D eigenvalue weighted by atomic mass is 31.2. The number of nitrogens with two attached hydrogens (primary N) is 1. The molecule has 324 valence electrons. The van der Waals surface area contributed by atoms with Crippen molar-refractivity contribution in [2.75, 3.05) is 19.8 Å². The number of nitrogens with one attached hydrogen (secondary N) is 1. The van der Waals surface area contributed by atoms with Gasteiger partial charge in [0.05, 0.1) is 25.4 Å². The largest absolute Gasteiger partial charge is 0.472 e. The Kier molecular flexibility index (Phi) is 41.7. The lowest BCUT2D eigenvalue weighted by molar-refractivity contribution is -0.123. The van der Waals surface area contributed by atoms with Crippen molar-refractivity contribution < 1.29 is 28.4 Å². The summed E-state index contributed by atoms with van der Waals surface area (Å²) in [5.41, 5.74) is 5.38. The maximum Gasteiger partial charge on any atom is 0.472 e. The summed E-state index contributed by atoms with van der Waals surface area (Å²) in [6.07, 6.45) is 45.5. The first-order valence-corrected chi connectivity index (χ1v) is 25.1. The van der Waals surface area contributed by atoms with Gasteiger partial charge in [0.15, 0.2) is 0 Å². The Bertz CT molecular complexity index is 819. The van der Waals surface area contributed by atoms with E-state index in [1.165, 1.54) is 186 Å². The molecule has 0 aliphatic rings. The van der Waals surface area contributed by atoms with Crippen LogP contribution in [0.4, 0.5) is 0 Å². The maximum atomic E-state index is 12.8. The number of unbranched alkanes of at least 4 members (excludes halogenated alkanes) is 33. The number of aliphatic hydroxyl groups excluding tert-OH is 1. The molecule has 0 saturated carbocycles. The fraction of sp³-hybridized carbons (Fsp3) is 0.978. The Hall–Kier alpha value is -0.500. The van der Waals surface area contributed by atoms with E-state index in [-0.39, 0.29) is 25.7 Å². The summed E-state index contributed by atoms with van der Waals surface area (Å²) in [6.45, 7) is 4.24. The molecule has 8 nitrogen and oxygen atoms in total. The predicted octanol–water partition coefficient (Wildman–Crippen LogP) is 13.4. The number of hydrogen-bond donors (Lipinski definition) is 4. The minimum Gasteiger partial charge on any atom is -0.391 e. The van der Waals surface area contributed by atoms with E-state index in [0.29, 0.717) is 12.8 Å². The zero-order chi connectivity index (χ0) is 39.6. The second kappa shape index (κ2) is 42.1. The van der Waals surface area contributed by atoms with E-state index in [2.05, 4.69) is 19.2 Å². The molecule has 9 heteroatoms. The summed E-state index contributed by atoms with van der Waals surface area (Å²) >= 11 is 0. The summed E-state index contributed by atoms with van der Waals surface area (Å²) in [6, 6.07) is -0.767. The predicted molar refractivity (Wildman–Crippen MR) is 231 cm³/mol. The molecule has 0 saturated heterocycles. The van der Waals surface area contributed by atoms with Gasteiger partial charge < -0.3 is 21.1 Å². The van der Waals surface area contributed by atoms with Crippen LogP contribution in [0.2, 0.25) is 0 Å². The molecule has 0 spiro atoms. The molecule has 1 amide bonds. The second-order valence-corrected chi connectivity index (χ2v) is 17.8. The summed E-state index contributed by atoms with van der Waals surface area (Å²) in [7, 11) is -4.31. The Labute approximate surface area is 335 Å². The van der Waals surface area contributed by atoms with Gasteiger partial charge in [-0.2, -0.15) is 0 Å². The van der Waals surface area contributed by atoms with Crippen LogP contribution in [0.15, 0.2) is 0 Å². The molecule has 0 aliphatic heterocycles. The molecule has 3 atom stereocenters. The summed E-state index contributed by atoms with van der Waals surface area (Å²) < 4.78 is 22.2. The number of carbonyl (C=O) groups excluding carboxylic acids is 1. The lowest BCUT2D eigenvalue weighted by atomic mass is 10.0. The number of hydrogen-bond acceptors (Lipinski definition) is 6. The smallest absolute Gasteiger partial charge is 0.391 e. The molecule has 54 heavy (non-hydrogen) atoms. The van der Waals surface area contributed by atoms with E-state index >= 15 is 0 Å². The van der Waals surface area contributed by atoms with Crippen molar-refractivity contribution in [1.82, 2.24) is 5.32 Å². The molecule has 0 aromatic heterocycles. The topological polar surface area (TPSA) is 131 Å². The van der Waals surface area contributed by atoms with Crippen LogP contribution in [0.3, 0.4) is 0 Å². The number of phosphoric ester groups is 1. The normalized spacial score (nSPS) is 13.9. The van der Waals surface area contributed by atoms with Crippen LogP contribution < -0.4 is 11.1 Å². The SMILES string of the molecule is CCCCCCCCCCCCCCCCCCCCCCCCCC(=O)NC(COP(=O)(O)OCCN)C(O)CCCCCCCCCCCCCC. The molecule has 0 radical (unpaired) electrons. The Morgan fingerprint density at radius 2 is 0.852 bits per heavy atom. The van der Waals surface area contributed by atoms with Crippen molar-refractivity contribution in [2.45, 2.75) is 264 Å². The standard InChI is InChI=1S/C45H93N2O6P/c1-3-5-7-9-11-13-15-17-18-19-20-21-22-23-24-25-26-27-29-31-33-35-37-39-45(49)47-43(42-53-54(50,51)52-41-40-46)44(48)38-36-34-32-30-28-16-14-12-10-8-6-4-2/h43-44,48H,3-42,46H2,1-2H3,(H,47,49)(H,50,51). The van der Waals surface area contributed by atoms with Crippen molar-refractivity contribution in [2.24, 2.45) is 5.73 Å². The van der Waals surface area contributed by atoms with Gasteiger partial charge in [-0.05, 0) is 12.8 Å². The molecule has 5 N–H and O–H groups in total. The van der Waals surface area contributed by atoms with Gasteiger partial charge in [0, 0.05) is 13.0 Å². The zero-order valence-corrected chi connectivity index (χ0v) is 36.9. The maximum absolute atomic E-state index is 12.8. The minimum absolute atomic E-state index is 0.0925. The number of carbonyl (C=O) groups is 1. The lowest BCUT2D eigenvalue weighted by Gasteiger charge is -2.25. The van der Waals surface area contributed by atoms with Crippen LogP contribution in [-0.2, 0) is 18.4 Å². The summed E-state index contributed by atoms with van der Waals surface area (Å²) in [4.78, 5) is 22.7. The van der Waals surface area contributed by atoms with Gasteiger partial charge >= 0.3 is 7.82 Å². The third-order valence-electron chi connectivity index (χ3n) is 11.0. The van der Waals surface area contributed by atoms with E-state index in [0.717, 1.165) is 38.5 Å². The van der Waals surface area contributed by atoms with Crippen molar-refractivity contribution in [3.05, 3.63) is 0 Å². The fourth-order valence-electron chi connectivity index (χ4n) is 7.37. The van der Waals surface area contributed by atoms with E-state index in [1.807, 2.05) is 0 Å². The third kappa shape index (κ3) is 39.7. The van der Waals surface area contributed by atoms with Gasteiger partial charge in [-0.15, -0.1) is 0 Å². The first-order chi connectivity index (χ1) is 26.4. The second-order valence-electron chi connectivity index (χ2n) is 16.3. The molecule has 0 fully saturated rings. The fourth-order valence-corrected chi connectivity index (χ4v) is 8.13. The number of amides is 1. The highest BCUT2D eigenvalue weighted by Gasteiger charge is 2.27. The highest BCUT2D eigenvalue weighted by molar-refractivity contribution is 7.47. The molecule has 0 aliphatic carbocycles. The molecular weight excluding hydrogens is 695 g/mol. The van der Waals surface area contributed by atoms with E-state index in [4.69, 9.17) is 14.8 Å². The minimum atomic E-state index is -4.31. The summed E-state index contributed by atoms with van der Waals surface area (Å²) in [5, 5.41) is 13.8. The quantitative estimate of drug-likeness (QED) is 0.0357. The first-order valence-electron chi connectivity index (χ1n) is 23.7. The molecule has 0 bridgehead atoms. The number of aliphatic hydroxyl groups is 1. The third-order valence-corrected chi connectivity index (χ3v) is 11.9. The first kappa shape index (κ1) is 53.5. The van der Waals surface area contributed by atoms with Crippen molar-refractivity contribution >= 4 is 13.7 Å². The van der Waals surface area contributed by atoms with Gasteiger partial charge in [-0.3, -0.25) is 13.8 Å². The van der Waals surface area contributed by atoms with Crippen molar-refractivity contribution in [3.8, 4) is 0 Å². The van der Waals surface area contributed by atoms with Crippen molar-refractivity contribution in [3.63, 3.8) is 0 Å². The Morgan fingerprint density at radius 3 is 1.19 bits per heavy atom. The van der Waals surface area contributed by atoms with E-state index in [1.54, 1.807) is 0 Å². The van der Waals surface area contributed by atoms with Gasteiger partial charge in [-0.25, -0.2) is 4.57 Å². The molecule has 0 rings (SSSR count). The zero-order valence-electron chi connectivity index (χ0n) is 36.0. The average Bonchev–Trinajstić information content (AvgIpc) is 3.16. The van der Waals surface area contributed by atoms with Crippen LogP contribution >= 0.6 is 7.82 Å². The van der Waals surface area contributed by atoms with Crippen LogP contribution in [0.5, 0.6) is 0 Å². The molecule has 0 aromatic rings. The number of rotatable bonds is 45. The van der Waals surface area contributed by atoms with E-state index in [9.17, 15) is 19.4 Å². The highest BCUT2D eigenvalue weighted by Crippen LogP contribution is 2.43. The average molecular weight is 789 g/mol. The molecule has 3 unspecified atom stereocenters. The number of phosphoric acid groups is 1. The molecule has 0 heterocycles. The van der Waals surface area contributed by atoms with Crippen LogP contribution in [0.1, 0.15) is 251 Å². The Balaban J connectivity index is 3.97. The summed E-state index contributed by atoms with van der Waals surface area (Å²) in [5.74, 6) is -0.156. The van der Waals surface area contributed by atoms with Crippen LogP contribution in [0, 0.1) is 0 Å². The van der Waals surface area contributed by atoms with Gasteiger partial charge in [0.2, 0.25) is 5.91 Å². The molecular formula is C45H93N2O6P. The van der Waals surface area contributed by atoms with E-state index < -0.39 is 20.0 Å². The Morgan fingerprint density at radius 1 is 0.537 bits per heavy atom. The van der Waals surface area contributed by atoms with Gasteiger partial charge in [-0.1, -0.05) is 232 Å². The monoisotopic (exact) mass is 789 g/mol. The van der Waals surface area contributed by atoms with Gasteiger partial charge in [0.1, 0.15) is 0 Å². The van der Waals surface area contributed by atoms with Gasteiger partial charge in [0.25, 0.3) is 0 Å². The molecule has 0 aromatic carbocycles. The van der Waals surface area contributed by atoms with Crippen LogP contribution in [-0.4, -0.2) is 47.8 Å². The lowest BCUT2D eigenvalue weighted by Crippen LogP contribution is -2.46. The van der Waals surface area contributed by atoms with Crippen LogP contribution in [0.25, 0.3) is 0 Å². The van der Waals surface area contributed by atoms with Crippen molar-refractivity contribution in [1.29, 1.82) is 0 Å².